The molecule has 28 heavy (non-hydrogen) atoms. The van der Waals surface area contributed by atoms with Crippen LogP contribution in [0.2, 0.25) is 0 Å². The zero-order chi connectivity index (χ0) is 19.8. The van der Waals surface area contributed by atoms with E-state index in [4.69, 9.17) is 22.2 Å². The van der Waals surface area contributed by atoms with E-state index in [-0.39, 0.29) is 23.1 Å². The molecule has 9 heteroatoms. The molecule has 0 bridgehead atoms. The predicted molar refractivity (Wildman–Crippen MR) is 106 cm³/mol. The number of rotatable bonds is 4. The monoisotopic (exact) mass is 395 g/mol. The van der Waals surface area contributed by atoms with Gasteiger partial charge in [0.05, 0.1) is 23.3 Å². The maximum absolute atomic E-state index is 12.6. The molecule has 2 aromatic carbocycles. The molecule has 142 valence electrons. The lowest BCUT2D eigenvalue weighted by Crippen LogP contribution is -2.13. The third-order valence-corrected chi connectivity index (χ3v) is 4.68. The molecule has 0 saturated heterocycles. The summed E-state index contributed by atoms with van der Waals surface area (Å²) in [5.41, 5.74) is 2.84. The van der Waals surface area contributed by atoms with Crippen LogP contribution in [0.5, 0.6) is 0 Å². The lowest BCUT2D eigenvalue weighted by atomic mass is 10.2. The van der Waals surface area contributed by atoms with Gasteiger partial charge in [0.1, 0.15) is 5.56 Å². The molecule has 0 saturated carbocycles. The normalized spacial score (nSPS) is 11.1. The fourth-order valence-corrected chi connectivity index (χ4v) is 3.37. The standard InChI is InChI=1S/C19H15N4O4S/c1-2-27-18(24)14-11-21(12-7-9-13(10-8-12)23(25)26)19(28)22-16-6-4-3-5-15(16)20-17(14)22/h3-11,25H,2H2,1H3/q-1. The molecule has 2 aromatic heterocycles. The number of fused-ring (bicyclic) bond motifs is 3. The highest BCUT2D eigenvalue weighted by Gasteiger charge is 2.19. The first-order valence-corrected chi connectivity index (χ1v) is 8.88. The molecule has 1 N–H and O–H groups in total. The van der Waals surface area contributed by atoms with Gasteiger partial charge in [-0.2, -0.15) is 0 Å². The van der Waals surface area contributed by atoms with Crippen molar-refractivity contribution in [1.29, 1.82) is 0 Å². The third-order valence-electron chi connectivity index (χ3n) is 4.30. The van der Waals surface area contributed by atoms with E-state index in [2.05, 4.69) is 4.98 Å². The number of anilines is 1. The summed E-state index contributed by atoms with van der Waals surface area (Å²) in [7, 11) is 0. The minimum absolute atomic E-state index is 0.0787. The first-order valence-electron chi connectivity index (χ1n) is 8.48. The zero-order valence-corrected chi connectivity index (χ0v) is 15.6. The second kappa shape index (κ2) is 7.04. The van der Waals surface area contributed by atoms with Gasteiger partial charge in [-0.05, 0) is 55.5 Å². The molecule has 0 aliphatic rings. The number of nitrogens with zero attached hydrogens (tertiary/aromatic N) is 4. The maximum Gasteiger partial charge on any atom is 0.343 e. The van der Waals surface area contributed by atoms with E-state index in [9.17, 15) is 10.0 Å². The first kappa shape index (κ1) is 18.1. The number of aromatic nitrogens is 3. The smallest absolute Gasteiger partial charge is 0.343 e. The van der Waals surface area contributed by atoms with Crippen molar-refractivity contribution >= 4 is 40.6 Å². The van der Waals surface area contributed by atoms with Crippen LogP contribution >= 0.6 is 12.2 Å². The van der Waals surface area contributed by atoms with Crippen molar-refractivity contribution in [1.82, 2.24) is 14.0 Å². The molecular formula is C19H15N4O4S-. The van der Waals surface area contributed by atoms with Gasteiger partial charge < -0.3 is 15.2 Å². The minimum Gasteiger partial charge on any atom is -0.733 e. The molecule has 8 nitrogen and oxygen atoms in total. The fraction of sp³-hybridized carbons (Fsp3) is 0.105. The maximum atomic E-state index is 12.6. The highest BCUT2D eigenvalue weighted by atomic mass is 32.1. The van der Waals surface area contributed by atoms with Gasteiger partial charge in [0.2, 0.25) is 0 Å². The number of carbonyl (C=O) groups excluding carboxylic acids is 1. The van der Waals surface area contributed by atoms with Gasteiger partial charge in [-0.15, -0.1) is 0 Å². The summed E-state index contributed by atoms with van der Waals surface area (Å²) in [6.07, 6.45) is 1.57. The fourth-order valence-electron chi connectivity index (χ4n) is 3.03. The highest BCUT2D eigenvalue weighted by molar-refractivity contribution is 7.71. The molecule has 0 radical (unpaired) electrons. The SMILES string of the molecule is CCOC(=O)c1cn(-c2ccc(N([O-])O)cc2)c(=S)n2c1nc1ccccc12. The van der Waals surface area contributed by atoms with Gasteiger partial charge in [-0.1, -0.05) is 12.1 Å². The summed E-state index contributed by atoms with van der Waals surface area (Å²) >= 11 is 5.66. The Morgan fingerprint density at radius 3 is 2.64 bits per heavy atom. The van der Waals surface area contributed by atoms with Gasteiger partial charge in [0, 0.05) is 11.9 Å². The molecule has 0 unspecified atom stereocenters. The second-order valence-corrected chi connectivity index (χ2v) is 6.33. The van der Waals surface area contributed by atoms with E-state index < -0.39 is 5.97 Å². The van der Waals surface area contributed by atoms with E-state index in [0.29, 0.717) is 21.6 Å². The average molecular weight is 395 g/mol. The number of carbonyl (C=O) groups is 1. The Balaban J connectivity index is 2.03. The van der Waals surface area contributed by atoms with Crippen molar-refractivity contribution in [2.45, 2.75) is 6.92 Å². The van der Waals surface area contributed by atoms with Crippen LogP contribution in [0.25, 0.3) is 22.4 Å². The van der Waals surface area contributed by atoms with E-state index in [1.807, 2.05) is 24.3 Å². The van der Waals surface area contributed by atoms with Gasteiger partial charge in [0.25, 0.3) is 0 Å². The first-order chi connectivity index (χ1) is 13.5. The molecule has 0 spiro atoms. The Kier molecular flexibility index (Phi) is 4.55. The van der Waals surface area contributed by atoms with Gasteiger partial charge >= 0.3 is 5.97 Å². The van der Waals surface area contributed by atoms with Gasteiger partial charge in [-0.25, -0.2) is 9.78 Å². The average Bonchev–Trinajstić information content (AvgIpc) is 3.08. The number of imidazole rings is 1. The van der Waals surface area contributed by atoms with Crippen LogP contribution in [0.4, 0.5) is 5.69 Å². The lowest BCUT2D eigenvalue weighted by Gasteiger charge is -2.21. The van der Waals surface area contributed by atoms with Crippen LogP contribution in [0.1, 0.15) is 17.3 Å². The Morgan fingerprint density at radius 1 is 1.25 bits per heavy atom. The second-order valence-electron chi connectivity index (χ2n) is 5.96. The van der Waals surface area contributed by atoms with Crippen LogP contribution in [0, 0.1) is 9.98 Å². The molecule has 0 atom stereocenters. The van der Waals surface area contributed by atoms with E-state index in [1.165, 1.54) is 12.1 Å². The number of hydrogen-bond acceptors (Lipinski definition) is 7. The van der Waals surface area contributed by atoms with Crippen LogP contribution in [0.3, 0.4) is 0 Å². The number of benzene rings is 2. The molecule has 0 fully saturated rings. The minimum atomic E-state index is -0.510. The van der Waals surface area contributed by atoms with Gasteiger partial charge in [-0.3, -0.25) is 14.2 Å². The largest absolute Gasteiger partial charge is 0.733 e. The zero-order valence-electron chi connectivity index (χ0n) is 14.8. The Hall–Kier alpha value is -3.27. The molecule has 0 amide bonds. The van der Waals surface area contributed by atoms with Crippen molar-refractivity contribution in [2.75, 3.05) is 11.8 Å². The number of para-hydroxylation sites is 2. The molecular weight excluding hydrogens is 380 g/mol. The van der Waals surface area contributed by atoms with Gasteiger partial charge in [0.15, 0.2) is 10.4 Å². The van der Waals surface area contributed by atoms with Crippen molar-refractivity contribution in [3.05, 3.63) is 70.3 Å². The van der Waals surface area contributed by atoms with Crippen LogP contribution in [-0.4, -0.2) is 31.7 Å². The lowest BCUT2D eigenvalue weighted by molar-refractivity contribution is 0.0527. The van der Waals surface area contributed by atoms with Crippen LogP contribution < -0.4 is 5.23 Å². The van der Waals surface area contributed by atoms with Crippen LogP contribution in [-0.2, 0) is 4.74 Å². The quantitative estimate of drug-likeness (QED) is 0.318. The van der Waals surface area contributed by atoms with E-state index >= 15 is 0 Å². The topological polar surface area (TPSA) is 95.1 Å². The summed E-state index contributed by atoms with van der Waals surface area (Å²) in [5, 5.41) is 19.8. The Morgan fingerprint density at radius 2 is 1.96 bits per heavy atom. The molecule has 0 aliphatic heterocycles. The molecule has 4 aromatic rings. The summed E-state index contributed by atoms with van der Waals surface area (Å²) in [6.45, 7) is 1.96. The molecule has 2 heterocycles. The van der Waals surface area contributed by atoms with Crippen molar-refractivity contribution in [3.63, 3.8) is 0 Å². The van der Waals surface area contributed by atoms with Crippen LogP contribution in [0.15, 0.2) is 54.7 Å². The van der Waals surface area contributed by atoms with E-state index in [1.54, 1.807) is 34.2 Å². The summed E-state index contributed by atoms with van der Waals surface area (Å²) in [5.74, 6) is -0.510. The Bertz CT molecular complexity index is 1240. The predicted octanol–water partition coefficient (Wildman–Crippen LogP) is 3.88. The third kappa shape index (κ3) is 2.91. The number of hydrogen-bond donors (Lipinski definition) is 1. The molecule has 4 rings (SSSR count). The summed E-state index contributed by atoms with van der Waals surface area (Å²) < 4.78 is 8.95. The molecule has 0 aliphatic carbocycles. The summed E-state index contributed by atoms with van der Waals surface area (Å²) in [6, 6.07) is 13.6. The Labute approximate surface area is 164 Å². The highest BCUT2D eigenvalue weighted by Crippen LogP contribution is 2.24. The summed E-state index contributed by atoms with van der Waals surface area (Å²) in [4.78, 5) is 17.1. The van der Waals surface area contributed by atoms with Crippen molar-refractivity contribution in [2.24, 2.45) is 0 Å². The van der Waals surface area contributed by atoms with E-state index in [0.717, 1.165) is 5.52 Å². The van der Waals surface area contributed by atoms with Crippen molar-refractivity contribution in [3.8, 4) is 5.69 Å². The number of esters is 1. The number of ether oxygens (including phenoxy) is 1. The van der Waals surface area contributed by atoms with Crippen molar-refractivity contribution < 1.29 is 14.7 Å².